The van der Waals surface area contributed by atoms with Crippen molar-refractivity contribution < 1.29 is 9.53 Å². The standard InChI is InChI=1S/C17H22N2O2/c1-17(2,3)19-10-9-14(12-19)16(20)18-11-13-5-7-15(21-4)8-6-13/h5-10,12H,11H2,1-4H3,(H,18,20). The largest absolute Gasteiger partial charge is 0.497 e. The van der Waals surface area contributed by atoms with Crippen molar-refractivity contribution in [1.29, 1.82) is 0 Å². The van der Waals surface area contributed by atoms with E-state index in [9.17, 15) is 4.79 Å². The predicted octanol–water partition coefficient (Wildman–Crippen LogP) is 3.18. The van der Waals surface area contributed by atoms with Crippen molar-refractivity contribution in [3.63, 3.8) is 0 Å². The Balaban J connectivity index is 1.96. The molecule has 2 aromatic rings. The third-order valence-electron chi connectivity index (χ3n) is 3.34. The summed E-state index contributed by atoms with van der Waals surface area (Å²) in [7, 11) is 1.64. The summed E-state index contributed by atoms with van der Waals surface area (Å²) in [6, 6.07) is 9.50. The van der Waals surface area contributed by atoms with Crippen LogP contribution >= 0.6 is 0 Å². The molecule has 0 fully saturated rings. The second-order valence-corrected chi connectivity index (χ2v) is 6.01. The van der Waals surface area contributed by atoms with Gasteiger partial charge in [-0.15, -0.1) is 0 Å². The van der Waals surface area contributed by atoms with Gasteiger partial charge in [0.05, 0.1) is 12.7 Å². The Morgan fingerprint density at radius 2 is 1.86 bits per heavy atom. The number of amides is 1. The van der Waals surface area contributed by atoms with Gasteiger partial charge in [0.2, 0.25) is 0 Å². The van der Waals surface area contributed by atoms with Gasteiger partial charge in [0.1, 0.15) is 5.75 Å². The second-order valence-electron chi connectivity index (χ2n) is 6.01. The van der Waals surface area contributed by atoms with Crippen LogP contribution in [0.15, 0.2) is 42.7 Å². The lowest BCUT2D eigenvalue weighted by Crippen LogP contribution is -2.23. The van der Waals surface area contributed by atoms with Crippen molar-refractivity contribution in [2.24, 2.45) is 0 Å². The molecule has 1 heterocycles. The van der Waals surface area contributed by atoms with E-state index in [1.165, 1.54) is 0 Å². The number of ether oxygens (including phenoxy) is 1. The first-order valence-corrected chi connectivity index (χ1v) is 7.00. The number of nitrogens with one attached hydrogen (secondary N) is 1. The monoisotopic (exact) mass is 286 g/mol. The molecule has 1 aromatic carbocycles. The van der Waals surface area contributed by atoms with Gasteiger partial charge in [0.25, 0.3) is 5.91 Å². The molecular formula is C17H22N2O2. The number of hydrogen-bond acceptors (Lipinski definition) is 2. The molecule has 0 saturated carbocycles. The van der Waals surface area contributed by atoms with E-state index in [1.807, 2.05) is 47.3 Å². The van der Waals surface area contributed by atoms with Gasteiger partial charge in [-0.05, 0) is 44.5 Å². The molecule has 1 amide bonds. The van der Waals surface area contributed by atoms with Gasteiger partial charge < -0.3 is 14.6 Å². The summed E-state index contributed by atoms with van der Waals surface area (Å²) >= 11 is 0. The summed E-state index contributed by atoms with van der Waals surface area (Å²) in [6.45, 7) is 6.81. The van der Waals surface area contributed by atoms with E-state index >= 15 is 0 Å². The lowest BCUT2D eigenvalue weighted by molar-refractivity contribution is 0.0951. The average molecular weight is 286 g/mol. The van der Waals surface area contributed by atoms with Crippen molar-refractivity contribution in [2.45, 2.75) is 32.9 Å². The fraction of sp³-hybridized carbons (Fsp3) is 0.353. The van der Waals surface area contributed by atoms with Crippen LogP contribution in [0.5, 0.6) is 5.75 Å². The van der Waals surface area contributed by atoms with E-state index < -0.39 is 0 Å². The highest BCUT2D eigenvalue weighted by molar-refractivity contribution is 5.94. The predicted molar refractivity (Wildman–Crippen MR) is 83.6 cm³/mol. The summed E-state index contributed by atoms with van der Waals surface area (Å²) in [5, 5.41) is 2.92. The SMILES string of the molecule is COc1ccc(CNC(=O)c2ccn(C(C)(C)C)c2)cc1. The minimum atomic E-state index is -0.0613. The highest BCUT2D eigenvalue weighted by Gasteiger charge is 2.14. The van der Waals surface area contributed by atoms with E-state index in [0.29, 0.717) is 12.1 Å². The summed E-state index contributed by atoms with van der Waals surface area (Å²) in [5.74, 6) is 0.751. The molecule has 112 valence electrons. The first-order valence-electron chi connectivity index (χ1n) is 7.00. The van der Waals surface area contributed by atoms with Crippen LogP contribution in [0.25, 0.3) is 0 Å². The van der Waals surface area contributed by atoms with Crippen LogP contribution in [0.1, 0.15) is 36.7 Å². The highest BCUT2D eigenvalue weighted by Crippen LogP contribution is 2.16. The smallest absolute Gasteiger partial charge is 0.253 e. The zero-order valence-electron chi connectivity index (χ0n) is 13.0. The lowest BCUT2D eigenvalue weighted by atomic mass is 10.1. The van der Waals surface area contributed by atoms with Crippen LogP contribution in [0, 0.1) is 0 Å². The van der Waals surface area contributed by atoms with Crippen molar-refractivity contribution in [3.8, 4) is 5.75 Å². The fourth-order valence-corrected chi connectivity index (χ4v) is 1.98. The van der Waals surface area contributed by atoms with Gasteiger partial charge in [0.15, 0.2) is 0 Å². The van der Waals surface area contributed by atoms with Crippen molar-refractivity contribution >= 4 is 5.91 Å². The molecule has 0 unspecified atom stereocenters. The number of aromatic nitrogens is 1. The van der Waals surface area contributed by atoms with Crippen LogP contribution < -0.4 is 10.1 Å². The third kappa shape index (κ3) is 3.88. The molecule has 0 aliphatic carbocycles. The Bertz CT molecular complexity index is 606. The summed E-state index contributed by atoms with van der Waals surface area (Å²) in [5.41, 5.74) is 1.70. The Labute approximate surface area is 125 Å². The summed E-state index contributed by atoms with van der Waals surface area (Å²) in [6.07, 6.45) is 3.81. The molecule has 4 nitrogen and oxygen atoms in total. The van der Waals surface area contributed by atoms with E-state index in [0.717, 1.165) is 11.3 Å². The Morgan fingerprint density at radius 3 is 2.38 bits per heavy atom. The maximum Gasteiger partial charge on any atom is 0.253 e. The normalized spacial score (nSPS) is 11.2. The minimum absolute atomic E-state index is 0.0193. The third-order valence-corrected chi connectivity index (χ3v) is 3.34. The molecule has 4 heteroatoms. The number of carbonyl (C=O) groups excluding carboxylic acids is 1. The zero-order valence-corrected chi connectivity index (χ0v) is 13.0. The van der Waals surface area contributed by atoms with Crippen LogP contribution in [0.4, 0.5) is 0 Å². The quantitative estimate of drug-likeness (QED) is 0.938. The van der Waals surface area contributed by atoms with E-state index in [1.54, 1.807) is 7.11 Å². The van der Waals surface area contributed by atoms with Gasteiger partial charge in [-0.3, -0.25) is 4.79 Å². The van der Waals surface area contributed by atoms with Gasteiger partial charge >= 0.3 is 0 Å². The Morgan fingerprint density at radius 1 is 1.19 bits per heavy atom. The van der Waals surface area contributed by atoms with E-state index in [4.69, 9.17) is 4.74 Å². The molecule has 1 aromatic heterocycles. The molecule has 0 radical (unpaired) electrons. The van der Waals surface area contributed by atoms with Crippen LogP contribution in [0.2, 0.25) is 0 Å². The molecule has 0 spiro atoms. The molecule has 21 heavy (non-hydrogen) atoms. The Hall–Kier alpha value is -2.23. The average Bonchev–Trinajstić information content (AvgIpc) is 2.95. The maximum atomic E-state index is 12.1. The number of benzene rings is 1. The highest BCUT2D eigenvalue weighted by atomic mass is 16.5. The maximum absolute atomic E-state index is 12.1. The molecule has 1 N–H and O–H groups in total. The molecule has 0 aliphatic heterocycles. The van der Waals surface area contributed by atoms with Crippen molar-refractivity contribution in [2.75, 3.05) is 7.11 Å². The number of carbonyl (C=O) groups is 1. The van der Waals surface area contributed by atoms with Crippen molar-refractivity contribution in [3.05, 3.63) is 53.9 Å². The number of methoxy groups -OCH3 is 1. The Kier molecular flexibility index (Phi) is 4.36. The first kappa shape index (κ1) is 15.2. The lowest BCUT2D eigenvalue weighted by Gasteiger charge is -2.20. The second kappa shape index (κ2) is 6.04. The van der Waals surface area contributed by atoms with E-state index in [-0.39, 0.29) is 11.4 Å². The molecule has 0 atom stereocenters. The fourth-order valence-electron chi connectivity index (χ4n) is 1.98. The topological polar surface area (TPSA) is 43.3 Å². The number of hydrogen-bond donors (Lipinski definition) is 1. The molecule has 0 saturated heterocycles. The molecule has 2 rings (SSSR count). The number of rotatable bonds is 4. The van der Waals surface area contributed by atoms with Crippen LogP contribution in [0.3, 0.4) is 0 Å². The van der Waals surface area contributed by atoms with Gasteiger partial charge in [-0.2, -0.15) is 0 Å². The van der Waals surface area contributed by atoms with Crippen molar-refractivity contribution in [1.82, 2.24) is 9.88 Å². The van der Waals surface area contributed by atoms with Crippen LogP contribution in [-0.2, 0) is 12.1 Å². The molecule has 0 aliphatic rings. The summed E-state index contributed by atoms with van der Waals surface area (Å²) < 4.78 is 7.15. The van der Waals surface area contributed by atoms with Gasteiger partial charge in [-0.25, -0.2) is 0 Å². The van der Waals surface area contributed by atoms with Gasteiger partial charge in [0, 0.05) is 24.5 Å². The molecular weight excluding hydrogens is 264 g/mol. The first-order chi connectivity index (χ1) is 9.90. The van der Waals surface area contributed by atoms with Crippen LogP contribution in [-0.4, -0.2) is 17.6 Å². The minimum Gasteiger partial charge on any atom is -0.497 e. The molecule has 0 bridgehead atoms. The number of nitrogens with zero attached hydrogens (tertiary/aromatic N) is 1. The zero-order chi connectivity index (χ0) is 15.5. The van der Waals surface area contributed by atoms with Gasteiger partial charge in [-0.1, -0.05) is 12.1 Å². The van der Waals surface area contributed by atoms with E-state index in [2.05, 4.69) is 26.1 Å². The summed E-state index contributed by atoms with van der Waals surface area (Å²) in [4.78, 5) is 12.1.